The van der Waals surface area contributed by atoms with Crippen LogP contribution in [-0.4, -0.2) is 25.3 Å². The summed E-state index contributed by atoms with van der Waals surface area (Å²) in [5.74, 6) is 1.53. The van der Waals surface area contributed by atoms with Crippen molar-refractivity contribution in [1.29, 1.82) is 0 Å². The molecule has 1 N–H and O–H groups in total. The number of hydrazone groups is 1. The maximum absolute atomic E-state index is 12.4. The van der Waals surface area contributed by atoms with Gasteiger partial charge in [-0.25, -0.2) is 5.43 Å². The van der Waals surface area contributed by atoms with Crippen LogP contribution in [0.25, 0.3) is 0 Å². The Bertz CT molecular complexity index is 1020. The number of nitrogens with one attached hydrogen (secondary N) is 1. The van der Waals surface area contributed by atoms with Crippen LogP contribution in [0.3, 0.4) is 0 Å². The summed E-state index contributed by atoms with van der Waals surface area (Å²) in [5.41, 5.74) is 4.88. The van der Waals surface area contributed by atoms with Gasteiger partial charge in [-0.1, -0.05) is 42.5 Å². The van der Waals surface area contributed by atoms with Crippen LogP contribution in [0.4, 0.5) is 0 Å². The van der Waals surface area contributed by atoms with Crippen molar-refractivity contribution in [3.05, 3.63) is 89.5 Å². The Morgan fingerprint density at radius 1 is 0.871 bits per heavy atom. The Labute approximate surface area is 182 Å². The smallest absolute Gasteiger partial charge is 0.271 e. The van der Waals surface area contributed by atoms with Crippen molar-refractivity contribution in [3.8, 4) is 17.2 Å². The molecule has 1 amide bonds. The Balaban J connectivity index is 1.60. The second-order valence-electron chi connectivity index (χ2n) is 6.57. The van der Waals surface area contributed by atoms with E-state index in [1.165, 1.54) is 0 Å². The number of hydrogen-bond donors (Lipinski definition) is 1. The normalized spacial score (nSPS) is 10.6. The molecule has 0 saturated heterocycles. The summed E-state index contributed by atoms with van der Waals surface area (Å²) < 4.78 is 16.9. The van der Waals surface area contributed by atoms with E-state index in [2.05, 4.69) is 10.5 Å². The van der Waals surface area contributed by atoms with Crippen LogP contribution in [-0.2, 0) is 6.61 Å². The molecule has 160 valence electrons. The molecule has 0 aliphatic carbocycles. The molecule has 0 aromatic heterocycles. The highest BCUT2D eigenvalue weighted by Gasteiger charge is 2.11. The molecule has 0 saturated carbocycles. The van der Waals surface area contributed by atoms with E-state index in [1.54, 1.807) is 24.4 Å². The minimum atomic E-state index is -0.336. The van der Waals surface area contributed by atoms with Crippen LogP contribution in [0.2, 0.25) is 0 Å². The van der Waals surface area contributed by atoms with Gasteiger partial charge in [-0.05, 0) is 55.3 Å². The van der Waals surface area contributed by atoms with E-state index in [1.807, 2.05) is 68.4 Å². The zero-order valence-electron chi connectivity index (χ0n) is 17.7. The molecule has 3 aromatic carbocycles. The molecule has 0 heterocycles. The fourth-order valence-corrected chi connectivity index (χ4v) is 2.85. The summed E-state index contributed by atoms with van der Waals surface area (Å²) in [6.45, 7) is 5.26. The monoisotopic (exact) mass is 418 g/mol. The third-order valence-corrected chi connectivity index (χ3v) is 4.29. The highest BCUT2D eigenvalue weighted by atomic mass is 16.5. The van der Waals surface area contributed by atoms with Gasteiger partial charge in [0.15, 0.2) is 11.5 Å². The van der Waals surface area contributed by atoms with Gasteiger partial charge in [-0.15, -0.1) is 0 Å². The molecule has 0 fully saturated rings. The van der Waals surface area contributed by atoms with Gasteiger partial charge in [0.05, 0.1) is 19.4 Å². The van der Waals surface area contributed by atoms with Crippen molar-refractivity contribution in [1.82, 2.24) is 5.43 Å². The molecular formula is C25H26N2O4. The summed E-state index contributed by atoms with van der Waals surface area (Å²) in [7, 11) is 0. The molecule has 0 atom stereocenters. The van der Waals surface area contributed by atoms with Crippen molar-refractivity contribution in [3.63, 3.8) is 0 Å². The fourth-order valence-electron chi connectivity index (χ4n) is 2.85. The van der Waals surface area contributed by atoms with E-state index in [0.717, 1.165) is 16.9 Å². The number of carbonyl (C=O) groups excluding carboxylic acids is 1. The minimum Gasteiger partial charge on any atom is -0.490 e. The number of rotatable bonds is 10. The topological polar surface area (TPSA) is 69.2 Å². The van der Waals surface area contributed by atoms with E-state index in [9.17, 15) is 4.79 Å². The minimum absolute atomic E-state index is 0.336. The number of benzene rings is 3. The van der Waals surface area contributed by atoms with E-state index < -0.39 is 0 Å². The van der Waals surface area contributed by atoms with Gasteiger partial charge >= 0.3 is 0 Å². The van der Waals surface area contributed by atoms with Gasteiger partial charge in [0.1, 0.15) is 12.4 Å². The number of hydrogen-bond acceptors (Lipinski definition) is 5. The summed E-state index contributed by atoms with van der Waals surface area (Å²) in [5, 5.41) is 4.06. The van der Waals surface area contributed by atoms with Crippen LogP contribution in [0.15, 0.2) is 77.9 Å². The lowest BCUT2D eigenvalue weighted by Gasteiger charge is -2.11. The molecule has 0 aliphatic rings. The van der Waals surface area contributed by atoms with Crippen LogP contribution in [0, 0.1) is 0 Å². The summed E-state index contributed by atoms with van der Waals surface area (Å²) >= 11 is 0. The zero-order chi connectivity index (χ0) is 21.9. The molecule has 3 rings (SSSR count). The van der Waals surface area contributed by atoms with Gasteiger partial charge in [0, 0.05) is 5.56 Å². The molecule has 3 aromatic rings. The first-order chi connectivity index (χ1) is 15.2. The largest absolute Gasteiger partial charge is 0.490 e. The van der Waals surface area contributed by atoms with Crippen LogP contribution < -0.4 is 19.6 Å². The first-order valence-electron chi connectivity index (χ1n) is 10.2. The molecule has 0 spiro atoms. The maximum Gasteiger partial charge on any atom is 0.271 e. The molecule has 0 radical (unpaired) electrons. The first kappa shape index (κ1) is 21.9. The molecular weight excluding hydrogens is 392 g/mol. The predicted octanol–water partition coefficient (Wildman–Crippen LogP) is 4.83. The summed E-state index contributed by atoms with van der Waals surface area (Å²) in [4.78, 5) is 12.4. The Hall–Kier alpha value is -3.80. The highest BCUT2D eigenvalue weighted by molar-refractivity contribution is 5.95. The third kappa shape index (κ3) is 6.60. The Morgan fingerprint density at radius 2 is 1.65 bits per heavy atom. The fraction of sp³-hybridized carbons (Fsp3) is 0.200. The number of amides is 1. The van der Waals surface area contributed by atoms with Crippen LogP contribution >= 0.6 is 0 Å². The second kappa shape index (κ2) is 11.4. The van der Waals surface area contributed by atoms with Gasteiger partial charge in [0.25, 0.3) is 5.91 Å². The number of nitrogens with zero attached hydrogens (tertiary/aromatic N) is 1. The average molecular weight is 418 g/mol. The molecule has 0 aliphatic heterocycles. The lowest BCUT2D eigenvalue weighted by molar-refractivity contribution is 0.0954. The van der Waals surface area contributed by atoms with E-state index in [0.29, 0.717) is 36.9 Å². The standard InChI is InChI=1S/C25H26N2O4/c1-3-29-23-14-13-21(16-24(23)30-4-2)25(28)27-26-17-20-11-8-12-22(15-20)31-18-19-9-6-5-7-10-19/h5-17H,3-4,18H2,1-2H3,(H,27,28)/b26-17+. The highest BCUT2D eigenvalue weighted by Crippen LogP contribution is 2.28. The van der Waals surface area contributed by atoms with Gasteiger partial charge in [-0.2, -0.15) is 5.10 Å². The van der Waals surface area contributed by atoms with Crippen molar-refractivity contribution < 1.29 is 19.0 Å². The first-order valence-corrected chi connectivity index (χ1v) is 10.2. The number of ether oxygens (including phenoxy) is 3. The van der Waals surface area contributed by atoms with Crippen LogP contribution in [0.1, 0.15) is 35.3 Å². The SMILES string of the molecule is CCOc1ccc(C(=O)N/N=C/c2cccc(OCc3ccccc3)c2)cc1OCC. The quantitative estimate of drug-likeness (QED) is 0.378. The van der Waals surface area contributed by atoms with Gasteiger partial charge in [0.2, 0.25) is 0 Å². The van der Waals surface area contributed by atoms with Crippen molar-refractivity contribution in [2.24, 2.45) is 5.10 Å². The maximum atomic E-state index is 12.4. The van der Waals surface area contributed by atoms with Crippen molar-refractivity contribution in [2.75, 3.05) is 13.2 Å². The van der Waals surface area contributed by atoms with Crippen LogP contribution in [0.5, 0.6) is 17.2 Å². The lowest BCUT2D eigenvalue weighted by Crippen LogP contribution is -2.17. The second-order valence-corrected chi connectivity index (χ2v) is 6.57. The molecule has 0 unspecified atom stereocenters. The Kier molecular flexibility index (Phi) is 8.05. The average Bonchev–Trinajstić information content (AvgIpc) is 2.80. The molecule has 6 heteroatoms. The molecule has 31 heavy (non-hydrogen) atoms. The van der Waals surface area contributed by atoms with Gasteiger partial charge in [-0.3, -0.25) is 4.79 Å². The lowest BCUT2D eigenvalue weighted by atomic mass is 10.2. The van der Waals surface area contributed by atoms with Crippen molar-refractivity contribution in [2.45, 2.75) is 20.5 Å². The zero-order valence-corrected chi connectivity index (χ0v) is 17.7. The van der Waals surface area contributed by atoms with Crippen molar-refractivity contribution >= 4 is 12.1 Å². The molecule has 6 nitrogen and oxygen atoms in total. The number of carbonyl (C=O) groups is 1. The van der Waals surface area contributed by atoms with E-state index in [-0.39, 0.29) is 5.91 Å². The summed E-state index contributed by atoms with van der Waals surface area (Å²) in [6.07, 6.45) is 1.57. The van der Waals surface area contributed by atoms with E-state index in [4.69, 9.17) is 14.2 Å². The Morgan fingerprint density at radius 3 is 2.42 bits per heavy atom. The predicted molar refractivity (Wildman–Crippen MR) is 121 cm³/mol. The summed E-state index contributed by atoms with van der Waals surface area (Å²) in [6, 6.07) is 22.5. The van der Waals surface area contributed by atoms with Gasteiger partial charge < -0.3 is 14.2 Å². The third-order valence-electron chi connectivity index (χ3n) is 4.29. The molecule has 0 bridgehead atoms. The van der Waals surface area contributed by atoms with E-state index >= 15 is 0 Å².